The third-order valence-corrected chi connectivity index (χ3v) is 5.10. The van der Waals surface area contributed by atoms with E-state index in [0.29, 0.717) is 31.7 Å². The highest BCUT2D eigenvalue weighted by Crippen LogP contribution is 2.30. The molecule has 5 nitrogen and oxygen atoms in total. The lowest BCUT2D eigenvalue weighted by Crippen LogP contribution is -2.46. The number of carbonyl (C=O) groups excluding carboxylic acids is 2. The molecule has 0 spiro atoms. The zero-order valence-corrected chi connectivity index (χ0v) is 15.2. The van der Waals surface area contributed by atoms with E-state index >= 15 is 0 Å². The van der Waals surface area contributed by atoms with Crippen molar-refractivity contribution in [2.45, 2.75) is 38.3 Å². The second-order valence-electron chi connectivity index (χ2n) is 6.91. The number of ether oxygens (including phenoxy) is 1. The van der Waals surface area contributed by atoms with E-state index in [1.54, 1.807) is 0 Å². The van der Waals surface area contributed by atoms with E-state index in [-0.39, 0.29) is 17.9 Å². The minimum atomic E-state index is -0.243. The molecule has 0 aromatic heterocycles. The fraction of sp³-hybridized carbons (Fsp3) is 0.579. The molecule has 6 heteroatoms. The van der Waals surface area contributed by atoms with Gasteiger partial charge in [-0.2, -0.15) is 0 Å². The first-order valence-electron chi connectivity index (χ1n) is 8.98. The number of hydrogen-bond acceptors (Lipinski definition) is 3. The summed E-state index contributed by atoms with van der Waals surface area (Å²) < 4.78 is 5.51. The molecule has 1 heterocycles. The standard InChI is InChI=1S/C19H25ClN2O3/c20-11-18(23)21-10-4-7-16(12-21)13-22(17-8-9-17)19(24)25-14-15-5-2-1-3-6-15/h1-3,5-6,16-17H,4,7-14H2/t16-/m1/s1. The summed E-state index contributed by atoms with van der Waals surface area (Å²) in [6.45, 7) is 2.40. The third kappa shape index (κ3) is 5.11. The first-order valence-corrected chi connectivity index (χ1v) is 9.52. The molecule has 2 fully saturated rings. The molecular weight excluding hydrogens is 340 g/mol. The maximum absolute atomic E-state index is 12.5. The molecule has 1 aliphatic carbocycles. The van der Waals surface area contributed by atoms with Gasteiger partial charge >= 0.3 is 6.09 Å². The third-order valence-electron chi connectivity index (χ3n) is 4.87. The molecule has 136 valence electrons. The Balaban J connectivity index is 1.54. The SMILES string of the molecule is O=C(CCl)N1CCC[C@@H](CN(C(=O)OCc2ccccc2)C2CC2)C1. The monoisotopic (exact) mass is 364 g/mol. The average molecular weight is 365 g/mol. The van der Waals surface area contributed by atoms with E-state index in [9.17, 15) is 9.59 Å². The van der Waals surface area contributed by atoms with Crippen molar-refractivity contribution in [3.8, 4) is 0 Å². The number of amides is 2. The number of likely N-dealkylation sites (tertiary alicyclic amines) is 1. The van der Waals surface area contributed by atoms with Crippen LogP contribution in [0.25, 0.3) is 0 Å². The number of alkyl halides is 1. The lowest BCUT2D eigenvalue weighted by molar-refractivity contribution is -0.130. The Kier molecular flexibility index (Phi) is 6.19. The number of hydrogen-bond donors (Lipinski definition) is 0. The van der Waals surface area contributed by atoms with Crippen molar-refractivity contribution in [3.63, 3.8) is 0 Å². The maximum atomic E-state index is 12.5. The van der Waals surface area contributed by atoms with Crippen LogP contribution in [0.5, 0.6) is 0 Å². The number of benzene rings is 1. The maximum Gasteiger partial charge on any atom is 0.410 e. The predicted octanol–water partition coefficient (Wildman–Crippen LogP) is 3.27. The molecule has 0 radical (unpaired) electrons. The Bertz CT molecular complexity index is 592. The summed E-state index contributed by atoms with van der Waals surface area (Å²) in [4.78, 5) is 28.1. The largest absolute Gasteiger partial charge is 0.445 e. The van der Waals surface area contributed by atoms with Gasteiger partial charge in [-0.1, -0.05) is 30.3 Å². The van der Waals surface area contributed by atoms with Gasteiger partial charge in [0, 0.05) is 25.7 Å². The average Bonchev–Trinajstić information content (AvgIpc) is 3.49. The molecule has 1 atom stereocenters. The van der Waals surface area contributed by atoms with Crippen LogP contribution in [0.4, 0.5) is 4.79 Å². The van der Waals surface area contributed by atoms with E-state index in [1.807, 2.05) is 40.1 Å². The van der Waals surface area contributed by atoms with Crippen molar-refractivity contribution >= 4 is 23.6 Å². The lowest BCUT2D eigenvalue weighted by atomic mass is 9.97. The van der Waals surface area contributed by atoms with Crippen LogP contribution < -0.4 is 0 Å². The molecule has 3 rings (SSSR count). The minimum absolute atomic E-state index is 0.0176. The molecule has 1 aromatic rings. The lowest BCUT2D eigenvalue weighted by Gasteiger charge is -2.35. The Morgan fingerprint density at radius 3 is 2.64 bits per heavy atom. The van der Waals surface area contributed by atoms with Gasteiger partial charge in [-0.3, -0.25) is 4.79 Å². The highest BCUT2D eigenvalue weighted by atomic mass is 35.5. The summed E-state index contributed by atoms with van der Waals surface area (Å²) in [6, 6.07) is 10.0. The minimum Gasteiger partial charge on any atom is -0.445 e. The fourth-order valence-corrected chi connectivity index (χ4v) is 3.53. The van der Waals surface area contributed by atoms with Gasteiger partial charge < -0.3 is 14.5 Å². The topological polar surface area (TPSA) is 49.9 Å². The van der Waals surface area contributed by atoms with Crippen LogP contribution in [0.15, 0.2) is 30.3 Å². The van der Waals surface area contributed by atoms with Gasteiger partial charge in [0.25, 0.3) is 0 Å². The molecule has 0 N–H and O–H groups in total. The predicted molar refractivity (Wildman–Crippen MR) is 96.4 cm³/mol. The molecule has 1 aromatic carbocycles. The molecule has 25 heavy (non-hydrogen) atoms. The van der Waals surface area contributed by atoms with Crippen LogP contribution in [0.2, 0.25) is 0 Å². The quantitative estimate of drug-likeness (QED) is 0.728. The second kappa shape index (κ2) is 8.56. The summed E-state index contributed by atoms with van der Waals surface area (Å²) in [5, 5.41) is 0. The normalized spacial score (nSPS) is 20.2. The van der Waals surface area contributed by atoms with Crippen LogP contribution in [-0.2, 0) is 16.1 Å². The van der Waals surface area contributed by atoms with Crippen LogP contribution in [0.3, 0.4) is 0 Å². The van der Waals surface area contributed by atoms with Crippen LogP contribution >= 0.6 is 11.6 Å². The van der Waals surface area contributed by atoms with Gasteiger partial charge in [0.05, 0.1) is 0 Å². The fourth-order valence-electron chi connectivity index (χ4n) is 3.36. The zero-order valence-electron chi connectivity index (χ0n) is 14.4. The van der Waals surface area contributed by atoms with Crippen LogP contribution in [0.1, 0.15) is 31.2 Å². The van der Waals surface area contributed by atoms with Crippen molar-refractivity contribution in [1.82, 2.24) is 9.80 Å². The summed E-state index contributed by atoms with van der Waals surface area (Å²) in [5.41, 5.74) is 0.989. The Morgan fingerprint density at radius 2 is 1.96 bits per heavy atom. The summed E-state index contributed by atoms with van der Waals surface area (Å²) in [6.07, 6.45) is 3.83. The Labute approximate surface area is 153 Å². The van der Waals surface area contributed by atoms with Gasteiger partial charge in [0.15, 0.2) is 0 Å². The zero-order chi connectivity index (χ0) is 17.6. The highest BCUT2D eigenvalue weighted by Gasteiger charge is 2.36. The molecule has 1 saturated heterocycles. The Morgan fingerprint density at radius 1 is 1.20 bits per heavy atom. The number of nitrogens with zero attached hydrogens (tertiary/aromatic N) is 2. The number of halogens is 1. The first-order chi connectivity index (χ1) is 12.2. The van der Waals surface area contributed by atoms with Crippen molar-refractivity contribution < 1.29 is 14.3 Å². The number of carbonyl (C=O) groups is 2. The summed E-state index contributed by atoms with van der Waals surface area (Å²) in [7, 11) is 0. The van der Waals surface area contributed by atoms with Crippen LogP contribution in [-0.4, -0.2) is 53.4 Å². The van der Waals surface area contributed by atoms with E-state index in [0.717, 1.165) is 37.8 Å². The van der Waals surface area contributed by atoms with E-state index in [4.69, 9.17) is 16.3 Å². The Hall–Kier alpha value is -1.75. The van der Waals surface area contributed by atoms with E-state index in [2.05, 4.69) is 0 Å². The summed E-state index contributed by atoms with van der Waals surface area (Å²) >= 11 is 5.67. The van der Waals surface area contributed by atoms with Gasteiger partial charge in [-0.05, 0) is 37.2 Å². The van der Waals surface area contributed by atoms with Crippen molar-refractivity contribution in [2.24, 2.45) is 5.92 Å². The van der Waals surface area contributed by atoms with Gasteiger partial charge in [-0.15, -0.1) is 11.6 Å². The molecular formula is C19H25ClN2O3. The number of rotatable bonds is 6. The van der Waals surface area contributed by atoms with Gasteiger partial charge in [0.2, 0.25) is 5.91 Å². The van der Waals surface area contributed by atoms with Crippen molar-refractivity contribution in [2.75, 3.05) is 25.5 Å². The van der Waals surface area contributed by atoms with E-state index in [1.165, 1.54) is 0 Å². The van der Waals surface area contributed by atoms with Gasteiger partial charge in [-0.25, -0.2) is 4.79 Å². The number of piperidine rings is 1. The molecule has 2 aliphatic rings. The molecule has 1 saturated carbocycles. The molecule has 2 amide bonds. The first kappa shape index (κ1) is 18.1. The second-order valence-corrected chi connectivity index (χ2v) is 7.17. The van der Waals surface area contributed by atoms with Crippen molar-refractivity contribution in [3.05, 3.63) is 35.9 Å². The molecule has 0 unspecified atom stereocenters. The smallest absolute Gasteiger partial charge is 0.410 e. The molecule has 0 bridgehead atoms. The van der Waals surface area contributed by atoms with Gasteiger partial charge in [0.1, 0.15) is 12.5 Å². The molecule has 1 aliphatic heterocycles. The van der Waals surface area contributed by atoms with E-state index < -0.39 is 0 Å². The highest BCUT2D eigenvalue weighted by molar-refractivity contribution is 6.27. The van der Waals surface area contributed by atoms with Crippen molar-refractivity contribution in [1.29, 1.82) is 0 Å². The summed E-state index contributed by atoms with van der Waals surface area (Å²) in [5.74, 6) is 0.305. The van der Waals surface area contributed by atoms with Crippen LogP contribution in [0, 0.1) is 5.92 Å².